The Bertz CT molecular complexity index is 960. The number of carbonyl (C=O) groups excluding carboxylic acids is 3. The fourth-order valence-electron chi connectivity index (χ4n) is 5.12. The van der Waals surface area contributed by atoms with Gasteiger partial charge in [0, 0.05) is 19.0 Å². The van der Waals surface area contributed by atoms with E-state index in [1.54, 1.807) is 12.1 Å². The smallest absolute Gasteiger partial charge is 0.404 e. The highest BCUT2D eigenvalue weighted by atomic mass is 16.5. The lowest BCUT2D eigenvalue weighted by atomic mass is 9.76. The number of nitrogens with two attached hydrogens (primary N) is 1. The maximum atomic E-state index is 13.5. The summed E-state index contributed by atoms with van der Waals surface area (Å²) in [6.45, 7) is 2.12. The highest BCUT2D eigenvalue weighted by Crippen LogP contribution is 2.35. The van der Waals surface area contributed by atoms with E-state index in [0.717, 1.165) is 25.7 Å². The molecule has 184 valence electrons. The minimum absolute atomic E-state index is 0.0204. The molecule has 1 aliphatic carbocycles. The minimum Gasteiger partial charge on any atom is -0.449 e. The molecular formula is C25H33N3O6. The second-order valence-electron chi connectivity index (χ2n) is 9.20. The third-order valence-corrected chi connectivity index (χ3v) is 6.99. The number of para-hydroxylation sites is 2. The first-order valence-electron chi connectivity index (χ1n) is 12.2. The fourth-order valence-corrected chi connectivity index (χ4v) is 5.12. The summed E-state index contributed by atoms with van der Waals surface area (Å²) < 4.78 is 16.1. The van der Waals surface area contributed by atoms with Crippen LogP contribution in [0.5, 0.6) is 0 Å². The highest BCUT2D eigenvalue weighted by molar-refractivity contribution is 5.96. The van der Waals surface area contributed by atoms with Crippen molar-refractivity contribution in [1.29, 1.82) is 0 Å². The number of nitrogens with zero attached hydrogens (tertiary/aromatic N) is 2. The normalized spacial score (nSPS) is 19.0. The van der Waals surface area contributed by atoms with Crippen molar-refractivity contribution in [3.63, 3.8) is 0 Å². The predicted octanol–water partition coefficient (Wildman–Crippen LogP) is 3.56. The highest BCUT2D eigenvalue weighted by Gasteiger charge is 2.35. The average molecular weight is 472 g/mol. The van der Waals surface area contributed by atoms with Gasteiger partial charge in [-0.25, -0.2) is 9.78 Å². The molecule has 2 fully saturated rings. The molecule has 1 aliphatic heterocycles. The summed E-state index contributed by atoms with van der Waals surface area (Å²) >= 11 is 0. The first-order valence-corrected chi connectivity index (χ1v) is 12.2. The molecule has 2 aliphatic rings. The van der Waals surface area contributed by atoms with Gasteiger partial charge in [-0.1, -0.05) is 31.4 Å². The molecule has 2 aromatic rings. The summed E-state index contributed by atoms with van der Waals surface area (Å²) in [6, 6.07) is 7.14. The zero-order chi connectivity index (χ0) is 23.9. The van der Waals surface area contributed by atoms with Crippen molar-refractivity contribution in [2.45, 2.75) is 44.9 Å². The first-order chi connectivity index (χ1) is 16.5. The summed E-state index contributed by atoms with van der Waals surface area (Å²) in [6.07, 6.45) is 5.43. The molecule has 0 bridgehead atoms. The molecular weight excluding hydrogens is 438 g/mol. The van der Waals surface area contributed by atoms with Crippen LogP contribution in [0.25, 0.3) is 11.1 Å². The largest absolute Gasteiger partial charge is 0.449 e. The van der Waals surface area contributed by atoms with Crippen molar-refractivity contribution in [1.82, 2.24) is 9.88 Å². The molecule has 1 aromatic heterocycles. The van der Waals surface area contributed by atoms with E-state index in [-0.39, 0.29) is 30.1 Å². The molecule has 2 amide bonds. The lowest BCUT2D eigenvalue weighted by Crippen LogP contribution is -2.45. The van der Waals surface area contributed by atoms with E-state index in [1.165, 1.54) is 6.42 Å². The minimum atomic E-state index is -0.941. The number of hydrogen-bond donors (Lipinski definition) is 1. The van der Waals surface area contributed by atoms with Gasteiger partial charge in [-0.05, 0) is 43.7 Å². The molecule has 9 heteroatoms. The van der Waals surface area contributed by atoms with Crippen molar-refractivity contribution in [2.24, 2.45) is 23.5 Å². The van der Waals surface area contributed by atoms with Gasteiger partial charge in [0.25, 0.3) is 5.89 Å². The summed E-state index contributed by atoms with van der Waals surface area (Å²) in [4.78, 5) is 44.2. The number of fused-ring (bicyclic) bond motifs is 1. The van der Waals surface area contributed by atoms with Crippen LogP contribution in [0.15, 0.2) is 28.7 Å². The molecule has 34 heavy (non-hydrogen) atoms. The molecule has 0 spiro atoms. The maximum Gasteiger partial charge on any atom is 0.404 e. The van der Waals surface area contributed by atoms with Crippen LogP contribution in [0.3, 0.4) is 0 Å². The monoisotopic (exact) mass is 471 g/mol. The van der Waals surface area contributed by atoms with E-state index in [2.05, 4.69) is 4.98 Å². The quantitative estimate of drug-likeness (QED) is 0.554. The van der Waals surface area contributed by atoms with Crippen molar-refractivity contribution < 1.29 is 28.3 Å². The van der Waals surface area contributed by atoms with Gasteiger partial charge in [0.1, 0.15) is 12.1 Å². The van der Waals surface area contributed by atoms with Gasteiger partial charge < -0.3 is 24.5 Å². The van der Waals surface area contributed by atoms with Gasteiger partial charge in [-0.15, -0.1) is 0 Å². The zero-order valence-electron chi connectivity index (χ0n) is 19.4. The Balaban J connectivity index is 1.50. The maximum absolute atomic E-state index is 13.5. The van der Waals surface area contributed by atoms with E-state index < -0.39 is 12.0 Å². The molecule has 2 N–H and O–H groups in total. The molecule has 1 aromatic carbocycles. The van der Waals surface area contributed by atoms with Gasteiger partial charge in [0.05, 0.1) is 19.1 Å². The van der Waals surface area contributed by atoms with Crippen LogP contribution in [-0.4, -0.2) is 60.6 Å². The van der Waals surface area contributed by atoms with Crippen molar-refractivity contribution >= 4 is 28.9 Å². The van der Waals surface area contributed by atoms with Crippen molar-refractivity contribution in [2.75, 3.05) is 32.9 Å². The molecule has 4 rings (SSSR count). The number of carbonyl (C=O) groups is 3. The standard InChI is InChI=1S/C25H33N3O6/c26-25(31)33-16-18(22(29)23-27-20-8-4-5-9-21(20)34-23)10-11-19(17-6-2-1-3-7-17)24(30)28-12-14-32-15-13-28/h4-5,8-9,17-19H,1-3,6-7,10-16H2,(H2,26,31). The Morgan fingerprint density at radius 1 is 1.09 bits per heavy atom. The van der Waals surface area contributed by atoms with Crippen LogP contribution in [-0.2, 0) is 14.3 Å². The second-order valence-corrected chi connectivity index (χ2v) is 9.20. The van der Waals surface area contributed by atoms with Crippen LogP contribution < -0.4 is 5.73 Å². The van der Waals surface area contributed by atoms with Gasteiger partial charge in [-0.3, -0.25) is 9.59 Å². The summed E-state index contributed by atoms with van der Waals surface area (Å²) in [5, 5.41) is 0. The number of oxazole rings is 1. The molecule has 0 radical (unpaired) electrons. The number of benzene rings is 1. The molecule has 1 saturated carbocycles. The summed E-state index contributed by atoms with van der Waals surface area (Å²) in [5.74, 6) is -0.804. The van der Waals surface area contributed by atoms with Crippen molar-refractivity contribution in [3.05, 3.63) is 30.2 Å². The SMILES string of the molecule is NC(=O)OCC(CCC(C(=O)N1CCOCC1)C1CCCCC1)C(=O)c1nc2ccccc2o1. The van der Waals surface area contributed by atoms with E-state index in [4.69, 9.17) is 19.6 Å². The zero-order valence-corrected chi connectivity index (χ0v) is 19.4. The number of ether oxygens (including phenoxy) is 2. The Morgan fingerprint density at radius 2 is 1.82 bits per heavy atom. The van der Waals surface area contributed by atoms with Crippen molar-refractivity contribution in [3.8, 4) is 0 Å². The molecule has 2 heterocycles. The number of rotatable bonds is 9. The number of Topliss-reactive ketones (excluding diaryl/α,β-unsaturated/α-hetero) is 1. The lowest BCUT2D eigenvalue weighted by molar-refractivity contribution is -0.142. The van der Waals surface area contributed by atoms with E-state index in [0.29, 0.717) is 56.2 Å². The predicted molar refractivity (Wildman–Crippen MR) is 124 cm³/mol. The molecule has 2 atom stereocenters. The van der Waals surface area contributed by atoms with E-state index in [9.17, 15) is 14.4 Å². The average Bonchev–Trinajstić information content (AvgIpc) is 3.31. The number of ketones is 1. The summed E-state index contributed by atoms with van der Waals surface area (Å²) in [7, 11) is 0. The van der Waals surface area contributed by atoms with Crippen LogP contribution in [0, 0.1) is 17.8 Å². The number of aromatic nitrogens is 1. The fraction of sp³-hybridized carbons (Fsp3) is 0.600. The first kappa shape index (κ1) is 24.2. The third-order valence-electron chi connectivity index (χ3n) is 6.99. The Labute approximate surface area is 198 Å². The topological polar surface area (TPSA) is 125 Å². The number of morpholine rings is 1. The van der Waals surface area contributed by atoms with Crippen LogP contribution in [0.2, 0.25) is 0 Å². The van der Waals surface area contributed by atoms with Gasteiger partial charge >= 0.3 is 6.09 Å². The molecule has 2 unspecified atom stereocenters. The molecule has 9 nitrogen and oxygen atoms in total. The Hall–Kier alpha value is -2.94. The Kier molecular flexibility index (Phi) is 8.16. The lowest BCUT2D eigenvalue weighted by Gasteiger charge is -2.35. The number of primary amides is 1. The Morgan fingerprint density at radius 3 is 2.53 bits per heavy atom. The number of amides is 2. The molecule has 1 saturated heterocycles. The van der Waals surface area contributed by atoms with Crippen LogP contribution in [0.1, 0.15) is 55.6 Å². The van der Waals surface area contributed by atoms with E-state index >= 15 is 0 Å². The second kappa shape index (κ2) is 11.5. The van der Waals surface area contributed by atoms with Gasteiger partial charge in [0.2, 0.25) is 11.7 Å². The summed E-state index contributed by atoms with van der Waals surface area (Å²) in [5.41, 5.74) is 6.28. The van der Waals surface area contributed by atoms with Crippen LogP contribution in [0.4, 0.5) is 4.79 Å². The third kappa shape index (κ3) is 5.94. The van der Waals surface area contributed by atoms with Crippen LogP contribution >= 0.6 is 0 Å². The number of hydrogen-bond acceptors (Lipinski definition) is 7. The van der Waals surface area contributed by atoms with Gasteiger partial charge in [-0.2, -0.15) is 0 Å². The van der Waals surface area contributed by atoms with E-state index in [1.807, 2.05) is 17.0 Å². The van der Waals surface area contributed by atoms with Gasteiger partial charge in [0.15, 0.2) is 5.58 Å².